The van der Waals surface area contributed by atoms with E-state index in [1.54, 1.807) is 35.5 Å². The first-order valence-electron chi connectivity index (χ1n) is 6.96. The standard InChI is InChI=1S/C14H13N5S3/c1-2-6-15-13-18-19-14(22-13)21-12-10-8-4-3-5-9(8)20-11(10)16-7-17-12/h2,7H,1,3-6H2,(H,15,18). The van der Waals surface area contributed by atoms with Crippen LogP contribution < -0.4 is 5.32 Å². The Bertz CT molecular complexity index is 838. The maximum atomic E-state index is 4.48. The summed E-state index contributed by atoms with van der Waals surface area (Å²) >= 11 is 4.92. The molecule has 0 aromatic carbocycles. The highest BCUT2D eigenvalue weighted by Crippen LogP contribution is 2.42. The molecule has 0 bridgehead atoms. The van der Waals surface area contributed by atoms with Crippen molar-refractivity contribution >= 4 is 49.8 Å². The third kappa shape index (κ3) is 2.51. The van der Waals surface area contributed by atoms with Crippen LogP contribution >= 0.6 is 34.4 Å². The van der Waals surface area contributed by atoms with Crippen molar-refractivity contribution in [3.05, 3.63) is 29.4 Å². The second-order valence-corrected chi connectivity index (χ2v) is 8.16. The van der Waals surface area contributed by atoms with Crippen molar-refractivity contribution in [2.75, 3.05) is 11.9 Å². The molecule has 0 fully saturated rings. The van der Waals surface area contributed by atoms with Crippen molar-refractivity contribution in [1.29, 1.82) is 0 Å². The van der Waals surface area contributed by atoms with Gasteiger partial charge in [-0.05, 0) is 36.6 Å². The van der Waals surface area contributed by atoms with Gasteiger partial charge in [0.25, 0.3) is 0 Å². The number of rotatable bonds is 5. The lowest BCUT2D eigenvalue weighted by atomic mass is 10.2. The summed E-state index contributed by atoms with van der Waals surface area (Å²) in [7, 11) is 0. The topological polar surface area (TPSA) is 63.6 Å². The van der Waals surface area contributed by atoms with Gasteiger partial charge in [0.05, 0.1) is 0 Å². The first-order chi connectivity index (χ1) is 10.8. The minimum Gasteiger partial charge on any atom is -0.357 e. The third-order valence-electron chi connectivity index (χ3n) is 3.45. The number of anilines is 1. The third-order valence-corrected chi connectivity index (χ3v) is 6.59. The quantitative estimate of drug-likeness (QED) is 0.560. The molecule has 22 heavy (non-hydrogen) atoms. The minimum absolute atomic E-state index is 0.690. The molecule has 0 spiro atoms. The Kier molecular flexibility index (Phi) is 3.81. The van der Waals surface area contributed by atoms with Gasteiger partial charge >= 0.3 is 0 Å². The largest absolute Gasteiger partial charge is 0.357 e. The van der Waals surface area contributed by atoms with Gasteiger partial charge in [-0.25, -0.2) is 9.97 Å². The lowest BCUT2D eigenvalue weighted by molar-refractivity contribution is 0.915. The molecule has 0 saturated heterocycles. The van der Waals surface area contributed by atoms with Crippen LogP contribution in [0.25, 0.3) is 10.2 Å². The summed E-state index contributed by atoms with van der Waals surface area (Å²) in [5.41, 5.74) is 1.44. The zero-order chi connectivity index (χ0) is 14.9. The van der Waals surface area contributed by atoms with Crippen LogP contribution in [0.15, 0.2) is 28.3 Å². The van der Waals surface area contributed by atoms with Crippen LogP contribution in [-0.2, 0) is 12.8 Å². The number of aryl methyl sites for hydroxylation is 2. The summed E-state index contributed by atoms with van der Waals surface area (Å²) in [5.74, 6) is 0. The molecule has 1 N–H and O–H groups in total. The van der Waals surface area contributed by atoms with Crippen LogP contribution in [-0.4, -0.2) is 26.7 Å². The summed E-state index contributed by atoms with van der Waals surface area (Å²) in [6.45, 7) is 4.37. The molecule has 0 amide bonds. The van der Waals surface area contributed by atoms with E-state index in [-0.39, 0.29) is 0 Å². The second-order valence-electron chi connectivity index (χ2n) is 4.86. The smallest absolute Gasteiger partial charge is 0.206 e. The number of nitrogens with zero attached hydrogens (tertiary/aromatic N) is 4. The van der Waals surface area contributed by atoms with E-state index in [2.05, 4.69) is 32.1 Å². The second kappa shape index (κ2) is 5.94. The van der Waals surface area contributed by atoms with Crippen LogP contribution in [0.3, 0.4) is 0 Å². The van der Waals surface area contributed by atoms with Gasteiger partial charge in [0.2, 0.25) is 5.13 Å². The normalized spacial score (nSPS) is 13.5. The fraction of sp³-hybridized carbons (Fsp3) is 0.286. The molecule has 0 radical (unpaired) electrons. The van der Waals surface area contributed by atoms with Crippen molar-refractivity contribution in [2.24, 2.45) is 0 Å². The predicted octanol–water partition coefficient (Wildman–Crippen LogP) is 3.78. The van der Waals surface area contributed by atoms with Crippen molar-refractivity contribution in [3.63, 3.8) is 0 Å². The zero-order valence-electron chi connectivity index (χ0n) is 11.7. The van der Waals surface area contributed by atoms with Gasteiger partial charge < -0.3 is 5.32 Å². The lowest BCUT2D eigenvalue weighted by Crippen LogP contribution is -1.96. The van der Waals surface area contributed by atoms with Crippen molar-refractivity contribution in [1.82, 2.24) is 20.2 Å². The van der Waals surface area contributed by atoms with Gasteiger partial charge in [0.15, 0.2) is 4.34 Å². The Morgan fingerprint density at radius 2 is 2.23 bits per heavy atom. The molecule has 0 atom stereocenters. The van der Waals surface area contributed by atoms with E-state index in [1.165, 1.54) is 40.0 Å². The van der Waals surface area contributed by atoms with Crippen LogP contribution in [0, 0.1) is 0 Å². The number of aromatic nitrogens is 4. The van der Waals surface area contributed by atoms with E-state index in [0.29, 0.717) is 6.54 Å². The number of hydrogen-bond acceptors (Lipinski definition) is 8. The van der Waals surface area contributed by atoms with E-state index in [0.717, 1.165) is 25.7 Å². The molecule has 3 aromatic rings. The van der Waals surface area contributed by atoms with Crippen LogP contribution in [0.2, 0.25) is 0 Å². The number of hydrogen-bond donors (Lipinski definition) is 1. The summed E-state index contributed by atoms with van der Waals surface area (Å²) in [5, 5.41) is 14.5. The molecular weight excluding hydrogens is 334 g/mol. The SMILES string of the molecule is C=CCNc1nnc(Sc2ncnc3sc4c(c23)CCC4)s1. The molecule has 0 unspecified atom stereocenters. The highest BCUT2D eigenvalue weighted by atomic mass is 32.2. The average molecular weight is 347 g/mol. The molecule has 4 rings (SSSR count). The van der Waals surface area contributed by atoms with E-state index in [9.17, 15) is 0 Å². The van der Waals surface area contributed by atoms with Gasteiger partial charge in [0, 0.05) is 16.8 Å². The highest BCUT2D eigenvalue weighted by Gasteiger charge is 2.22. The lowest BCUT2D eigenvalue weighted by Gasteiger charge is -2.00. The summed E-state index contributed by atoms with van der Waals surface area (Å²) < 4.78 is 0.893. The van der Waals surface area contributed by atoms with Crippen LogP contribution in [0.4, 0.5) is 5.13 Å². The first kappa shape index (κ1) is 14.1. The van der Waals surface area contributed by atoms with E-state index >= 15 is 0 Å². The molecule has 5 nitrogen and oxygen atoms in total. The predicted molar refractivity (Wildman–Crippen MR) is 92.2 cm³/mol. The average Bonchev–Trinajstić information content (AvgIpc) is 3.20. The maximum Gasteiger partial charge on any atom is 0.206 e. The Labute approximate surface area is 139 Å². The molecule has 8 heteroatoms. The van der Waals surface area contributed by atoms with Gasteiger partial charge in [-0.2, -0.15) is 0 Å². The molecule has 112 valence electrons. The Balaban J connectivity index is 1.66. The molecule has 3 aromatic heterocycles. The van der Waals surface area contributed by atoms with E-state index < -0.39 is 0 Å². The van der Waals surface area contributed by atoms with E-state index in [1.807, 2.05) is 0 Å². The molecule has 0 aliphatic heterocycles. The number of thiophene rings is 1. The van der Waals surface area contributed by atoms with E-state index in [4.69, 9.17) is 0 Å². The summed E-state index contributed by atoms with van der Waals surface area (Å²) in [4.78, 5) is 11.5. The fourth-order valence-electron chi connectivity index (χ4n) is 2.54. The fourth-order valence-corrected chi connectivity index (χ4v) is 5.63. The molecule has 0 saturated carbocycles. The molecule has 1 aliphatic rings. The number of fused-ring (bicyclic) bond motifs is 3. The van der Waals surface area contributed by atoms with Crippen molar-refractivity contribution in [3.8, 4) is 0 Å². The van der Waals surface area contributed by atoms with Gasteiger partial charge in [-0.15, -0.1) is 28.1 Å². The summed E-state index contributed by atoms with van der Waals surface area (Å²) in [6.07, 6.45) is 7.00. The van der Waals surface area contributed by atoms with Crippen molar-refractivity contribution in [2.45, 2.75) is 28.6 Å². The monoisotopic (exact) mass is 347 g/mol. The summed E-state index contributed by atoms with van der Waals surface area (Å²) in [6, 6.07) is 0. The maximum absolute atomic E-state index is 4.48. The molecular formula is C14H13N5S3. The van der Waals surface area contributed by atoms with Crippen LogP contribution in [0.1, 0.15) is 16.9 Å². The highest BCUT2D eigenvalue weighted by molar-refractivity contribution is 8.01. The van der Waals surface area contributed by atoms with Crippen LogP contribution in [0.5, 0.6) is 0 Å². The van der Waals surface area contributed by atoms with Gasteiger partial charge in [-0.1, -0.05) is 17.4 Å². The molecule has 3 heterocycles. The Hall–Kier alpha value is -1.51. The van der Waals surface area contributed by atoms with Gasteiger partial charge in [-0.3, -0.25) is 0 Å². The minimum atomic E-state index is 0.690. The first-order valence-corrected chi connectivity index (χ1v) is 9.41. The van der Waals surface area contributed by atoms with Gasteiger partial charge in [0.1, 0.15) is 16.2 Å². The molecule has 1 aliphatic carbocycles. The number of nitrogens with one attached hydrogen (secondary N) is 1. The Morgan fingerprint density at radius 3 is 3.14 bits per heavy atom. The van der Waals surface area contributed by atoms with Crippen molar-refractivity contribution < 1.29 is 0 Å². The zero-order valence-corrected chi connectivity index (χ0v) is 14.2. The Morgan fingerprint density at radius 1 is 1.27 bits per heavy atom.